The Balaban J connectivity index is 1.99. The van der Waals surface area contributed by atoms with Crippen molar-refractivity contribution in [3.63, 3.8) is 0 Å². The Bertz CT molecular complexity index is 131. The van der Waals surface area contributed by atoms with Gasteiger partial charge in [-0.1, -0.05) is 13.3 Å². The second kappa shape index (κ2) is 3.38. The second-order valence-electron chi connectivity index (χ2n) is 4.15. The quantitative estimate of drug-likeness (QED) is 0.537. The van der Waals surface area contributed by atoms with Crippen molar-refractivity contribution in [3.05, 3.63) is 0 Å². The minimum absolute atomic E-state index is 1.01. The van der Waals surface area contributed by atoms with E-state index in [2.05, 4.69) is 18.7 Å². The molecule has 0 unspecified atom stereocenters. The molecule has 1 aliphatic heterocycles. The third-order valence-electron chi connectivity index (χ3n) is 3.29. The van der Waals surface area contributed by atoms with Crippen LogP contribution in [0.15, 0.2) is 0 Å². The van der Waals surface area contributed by atoms with Crippen LogP contribution in [0, 0.1) is 11.8 Å². The monoisotopic (exact) mass is 170 g/mol. The van der Waals surface area contributed by atoms with Gasteiger partial charge in [0, 0.05) is 5.25 Å². The summed E-state index contributed by atoms with van der Waals surface area (Å²) in [6.45, 7) is 2.45. The smallest absolute Gasteiger partial charge is 0.0101 e. The van der Waals surface area contributed by atoms with Gasteiger partial charge in [0.1, 0.15) is 0 Å². The molecule has 2 fully saturated rings. The summed E-state index contributed by atoms with van der Waals surface area (Å²) in [7, 11) is 0. The van der Waals surface area contributed by atoms with Gasteiger partial charge >= 0.3 is 0 Å². The van der Waals surface area contributed by atoms with Gasteiger partial charge in [0.2, 0.25) is 0 Å². The van der Waals surface area contributed by atoms with E-state index < -0.39 is 0 Å². The lowest BCUT2D eigenvalue weighted by molar-refractivity contribution is 0.274. The Morgan fingerprint density at radius 2 is 1.91 bits per heavy atom. The zero-order chi connectivity index (χ0) is 7.68. The minimum atomic E-state index is 1.01. The highest BCUT2D eigenvalue weighted by atomic mass is 32.2. The Kier molecular flexibility index (Phi) is 2.45. The van der Waals surface area contributed by atoms with Crippen molar-refractivity contribution in [3.8, 4) is 0 Å². The van der Waals surface area contributed by atoms with Gasteiger partial charge in [-0.2, -0.15) is 11.8 Å². The van der Waals surface area contributed by atoms with Crippen LogP contribution in [0.4, 0.5) is 0 Å². The van der Waals surface area contributed by atoms with E-state index in [1.807, 2.05) is 0 Å². The molecule has 1 saturated heterocycles. The van der Waals surface area contributed by atoms with E-state index in [0.29, 0.717) is 0 Å². The van der Waals surface area contributed by atoms with E-state index in [1.54, 1.807) is 0 Å². The zero-order valence-electron chi connectivity index (χ0n) is 7.38. The maximum Gasteiger partial charge on any atom is 0.0101 e. The third kappa shape index (κ3) is 1.58. The van der Waals surface area contributed by atoms with Crippen molar-refractivity contribution in [2.75, 3.05) is 5.75 Å². The molecule has 1 heteroatoms. The van der Waals surface area contributed by atoms with Crippen LogP contribution in [0.25, 0.3) is 0 Å². The van der Waals surface area contributed by atoms with Crippen molar-refractivity contribution in [2.45, 2.75) is 44.3 Å². The molecule has 2 rings (SSSR count). The molecule has 0 aromatic heterocycles. The summed E-state index contributed by atoms with van der Waals surface area (Å²) >= 11 is 2.26. The largest absolute Gasteiger partial charge is 0.158 e. The molecule has 0 aromatic rings. The molecule has 0 nitrogen and oxygen atoms in total. The van der Waals surface area contributed by atoms with Crippen molar-refractivity contribution >= 4 is 11.8 Å². The molecule has 0 radical (unpaired) electrons. The summed E-state index contributed by atoms with van der Waals surface area (Å²) in [6, 6.07) is 0. The maximum atomic E-state index is 2.45. The Labute approximate surface area is 74.1 Å². The zero-order valence-corrected chi connectivity index (χ0v) is 8.20. The average Bonchev–Trinajstić information content (AvgIpc) is 2.06. The van der Waals surface area contributed by atoms with Crippen LogP contribution >= 0.6 is 11.8 Å². The van der Waals surface area contributed by atoms with Crippen LogP contribution in [0.5, 0.6) is 0 Å². The molecule has 2 aliphatic rings. The predicted molar refractivity (Wildman–Crippen MR) is 52.0 cm³/mol. The summed E-state index contributed by atoms with van der Waals surface area (Å²) in [5, 5.41) is 1.04. The van der Waals surface area contributed by atoms with E-state index >= 15 is 0 Å². The first-order chi connectivity index (χ1) is 5.38. The highest BCUT2D eigenvalue weighted by Gasteiger charge is 2.32. The van der Waals surface area contributed by atoms with Gasteiger partial charge in [-0.3, -0.25) is 0 Å². The Morgan fingerprint density at radius 3 is 2.73 bits per heavy atom. The van der Waals surface area contributed by atoms with Crippen LogP contribution in [-0.4, -0.2) is 11.0 Å². The van der Waals surface area contributed by atoms with Gasteiger partial charge in [0.15, 0.2) is 0 Å². The molecule has 11 heavy (non-hydrogen) atoms. The SMILES string of the molecule is C[C@H]1CCC[C@@H]2CCCS[C@H]21. The van der Waals surface area contributed by atoms with Crippen LogP contribution in [0.1, 0.15) is 39.0 Å². The average molecular weight is 170 g/mol. The molecule has 64 valence electrons. The summed E-state index contributed by atoms with van der Waals surface area (Å²) in [5.74, 6) is 3.54. The van der Waals surface area contributed by atoms with Crippen LogP contribution in [0.3, 0.4) is 0 Å². The van der Waals surface area contributed by atoms with Crippen LogP contribution < -0.4 is 0 Å². The number of fused-ring (bicyclic) bond motifs is 1. The topological polar surface area (TPSA) is 0 Å². The molecule has 0 amide bonds. The first-order valence-corrected chi connectivity index (χ1v) is 6.04. The summed E-state index contributed by atoms with van der Waals surface area (Å²) in [6.07, 6.45) is 7.54. The van der Waals surface area contributed by atoms with E-state index in [-0.39, 0.29) is 0 Å². The number of thioether (sulfide) groups is 1. The van der Waals surface area contributed by atoms with Gasteiger partial charge < -0.3 is 0 Å². The van der Waals surface area contributed by atoms with Crippen molar-refractivity contribution in [2.24, 2.45) is 11.8 Å². The molecular formula is C10H18S. The molecule has 0 spiro atoms. The lowest BCUT2D eigenvalue weighted by Gasteiger charge is -2.39. The lowest BCUT2D eigenvalue weighted by atomic mass is 9.79. The fourth-order valence-electron chi connectivity index (χ4n) is 2.67. The molecule has 3 atom stereocenters. The Hall–Kier alpha value is 0.350. The first-order valence-electron chi connectivity index (χ1n) is 4.99. The standard InChI is InChI=1S/C10H18S/c1-8-4-2-5-9-6-3-7-11-10(8)9/h8-10H,2-7H2,1H3/t8-,9+,10-/m0/s1. The molecule has 1 heterocycles. The maximum absolute atomic E-state index is 2.45. The van der Waals surface area contributed by atoms with Crippen LogP contribution in [0.2, 0.25) is 0 Å². The summed E-state index contributed by atoms with van der Waals surface area (Å²) in [5.41, 5.74) is 0. The molecular weight excluding hydrogens is 152 g/mol. The normalized spacial score (nSPS) is 45.0. The van der Waals surface area contributed by atoms with Gasteiger partial charge in [0.25, 0.3) is 0 Å². The van der Waals surface area contributed by atoms with E-state index in [0.717, 1.165) is 17.1 Å². The van der Waals surface area contributed by atoms with Crippen LogP contribution in [-0.2, 0) is 0 Å². The summed E-state index contributed by atoms with van der Waals surface area (Å²) in [4.78, 5) is 0. The lowest BCUT2D eigenvalue weighted by Crippen LogP contribution is -2.32. The van der Waals surface area contributed by atoms with Gasteiger partial charge in [-0.05, 0) is 43.3 Å². The number of hydrogen-bond donors (Lipinski definition) is 0. The number of hydrogen-bond acceptors (Lipinski definition) is 1. The Morgan fingerprint density at radius 1 is 1.09 bits per heavy atom. The second-order valence-corrected chi connectivity index (χ2v) is 5.43. The molecule has 0 bridgehead atoms. The van der Waals surface area contributed by atoms with E-state index in [9.17, 15) is 0 Å². The third-order valence-corrected chi connectivity index (χ3v) is 5.05. The van der Waals surface area contributed by atoms with Crippen molar-refractivity contribution in [1.29, 1.82) is 0 Å². The minimum Gasteiger partial charge on any atom is -0.158 e. The van der Waals surface area contributed by atoms with Crippen molar-refractivity contribution in [1.82, 2.24) is 0 Å². The number of rotatable bonds is 0. The predicted octanol–water partition coefficient (Wildman–Crippen LogP) is 3.32. The summed E-state index contributed by atoms with van der Waals surface area (Å²) < 4.78 is 0. The fraction of sp³-hybridized carbons (Fsp3) is 1.00. The van der Waals surface area contributed by atoms with Gasteiger partial charge in [-0.25, -0.2) is 0 Å². The van der Waals surface area contributed by atoms with E-state index in [1.165, 1.54) is 37.9 Å². The highest BCUT2D eigenvalue weighted by Crippen LogP contribution is 2.43. The molecule has 0 N–H and O–H groups in total. The molecule has 0 aromatic carbocycles. The van der Waals surface area contributed by atoms with Gasteiger partial charge in [-0.15, -0.1) is 0 Å². The molecule has 1 saturated carbocycles. The van der Waals surface area contributed by atoms with E-state index in [4.69, 9.17) is 0 Å². The first kappa shape index (κ1) is 7.97. The highest BCUT2D eigenvalue weighted by molar-refractivity contribution is 7.99. The molecule has 1 aliphatic carbocycles. The van der Waals surface area contributed by atoms with Crippen molar-refractivity contribution < 1.29 is 0 Å². The van der Waals surface area contributed by atoms with Gasteiger partial charge in [0.05, 0.1) is 0 Å². The fourth-order valence-corrected chi connectivity index (χ4v) is 4.28.